The average Bonchev–Trinajstić information content (AvgIpc) is 2.25. The maximum atomic E-state index is 12.3. The van der Waals surface area contributed by atoms with Crippen LogP contribution in [0.4, 0.5) is 13.2 Å². The van der Waals surface area contributed by atoms with Gasteiger partial charge in [0, 0.05) is 12.7 Å². The Morgan fingerprint density at radius 3 is 2.40 bits per heavy atom. The lowest BCUT2D eigenvalue weighted by molar-refractivity contribution is -0.144. The second-order valence-corrected chi connectivity index (χ2v) is 6.03. The van der Waals surface area contributed by atoms with Crippen molar-refractivity contribution in [3.05, 3.63) is 24.0 Å². The van der Waals surface area contributed by atoms with Crippen LogP contribution in [0.5, 0.6) is 0 Å². The van der Waals surface area contributed by atoms with Crippen LogP contribution >= 0.6 is 0 Å². The number of hydrogen-bond acceptors (Lipinski definition) is 4. The molecule has 2 heterocycles. The summed E-state index contributed by atoms with van der Waals surface area (Å²) in [5, 5.41) is 8.79. The van der Waals surface area contributed by atoms with Gasteiger partial charge in [-0.1, -0.05) is 0 Å². The summed E-state index contributed by atoms with van der Waals surface area (Å²) in [6, 6.07) is 0.132. The van der Waals surface area contributed by atoms with Crippen molar-refractivity contribution in [3.8, 4) is 0 Å². The first-order valence-electron chi connectivity index (χ1n) is 5.42. The third-order valence-corrected chi connectivity index (χ3v) is 4.78. The molecule has 20 heavy (non-hydrogen) atoms. The molecule has 1 N–H and O–H groups in total. The Kier molecular flexibility index (Phi) is 3.46. The second kappa shape index (κ2) is 4.70. The summed E-state index contributed by atoms with van der Waals surface area (Å²) in [6.07, 6.45) is -3.92. The number of sulfonamides is 1. The summed E-state index contributed by atoms with van der Waals surface area (Å²) >= 11 is 0. The van der Waals surface area contributed by atoms with Crippen LogP contribution in [0.15, 0.2) is 23.2 Å². The van der Waals surface area contributed by atoms with E-state index in [2.05, 4.69) is 4.98 Å². The van der Waals surface area contributed by atoms with E-state index in [1.54, 1.807) is 0 Å². The molecule has 1 aromatic heterocycles. The van der Waals surface area contributed by atoms with Gasteiger partial charge in [0.15, 0.2) is 0 Å². The Morgan fingerprint density at radius 1 is 1.40 bits per heavy atom. The normalized spacial score (nSPS) is 20.4. The minimum absolute atomic E-state index is 0.0142. The first-order valence-corrected chi connectivity index (χ1v) is 6.86. The van der Waals surface area contributed by atoms with Gasteiger partial charge in [-0.25, -0.2) is 8.42 Å². The zero-order valence-electron chi connectivity index (χ0n) is 9.83. The van der Waals surface area contributed by atoms with E-state index in [4.69, 9.17) is 5.11 Å². The lowest BCUT2D eigenvalue weighted by Gasteiger charge is -2.36. The SMILES string of the molecule is O=C(O)[C@@H]1CCN1S(=O)(=O)c1ccc(C(F)(F)F)nc1. The minimum Gasteiger partial charge on any atom is -0.480 e. The summed E-state index contributed by atoms with van der Waals surface area (Å²) in [6.45, 7) is 0.0142. The number of aromatic nitrogens is 1. The van der Waals surface area contributed by atoms with Crippen LogP contribution in [-0.4, -0.2) is 41.4 Å². The number of carboxylic acids is 1. The van der Waals surface area contributed by atoms with Gasteiger partial charge in [-0.05, 0) is 18.6 Å². The van der Waals surface area contributed by atoms with E-state index in [1.807, 2.05) is 0 Å². The number of halogens is 3. The molecule has 1 aromatic rings. The van der Waals surface area contributed by atoms with E-state index < -0.39 is 38.8 Å². The number of hydrogen-bond donors (Lipinski definition) is 1. The number of nitrogens with zero attached hydrogens (tertiary/aromatic N) is 2. The minimum atomic E-state index is -4.66. The van der Waals surface area contributed by atoms with E-state index >= 15 is 0 Å². The number of pyridine rings is 1. The fourth-order valence-corrected chi connectivity index (χ4v) is 3.31. The second-order valence-electron chi connectivity index (χ2n) is 4.14. The van der Waals surface area contributed by atoms with Gasteiger partial charge in [-0.3, -0.25) is 9.78 Å². The van der Waals surface area contributed by atoms with E-state index in [0.717, 1.165) is 10.4 Å². The van der Waals surface area contributed by atoms with E-state index in [0.29, 0.717) is 12.3 Å². The Balaban J connectivity index is 2.29. The number of carboxylic acid groups (broad SMARTS) is 1. The van der Waals surface area contributed by atoms with Gasteiger partial charge in [0.25, 0.3) is 0 Å². The van der Waals surface area contributed by atoms with Crippen molar-refractivity contribution in [2.75, 3.05) is 6.54 Å². The molecule has 2 rings (SSSR count). The van der Waals surface area contributed by atoms with Crippen molar-refractivity contribution in [1.82, 2.24) is 9.29 Å². The predicted molar refractivity (Wildman–Crippen MR) is 59.2 cm³/mol. The molecule has 0 aromatic carbocycles. The highest BCUT2D eigenvalue weighted by Crippen LogP contribution is 2.30. The third-order valence-electron chi connectivity index (χ3n) is 2.89. The fourth-order valence-electron chi connectivity index (χ4n) is 1.73. The Bertz CT molecular complexity index is 627. The maximum absolute atomic E-state index is 12.3. The molecule has 0 amide bonds. The summed E-state index contributed by atoms with van der Waals surface area (Å²) < 4.78 is 61.7. The van der Waals surface area contributed by atoms with Crippen molar-refractivity contribution in [3.63, 3.8) is 0 Å². The van der Waals surface area contributed by atoms with Crippen LogP contribution < -0.4 is 0 Å². The highest BCUT2D eigenvalue weighted by atomic mass is 32.2. The molecule has 1 atom stereocenters. The first kappa shape index (κ1) is 14.7. The highest BCUT2D eigenvalue weighted by molar-refractivity contribution is 7.89. The van der Waals surface area contributed by atoms with Crippen molar-refractivity contribution in [2.45, 2.75) is 23.5 Å². The Hall–Kier alpha value is -1.68. The lowest BCUT2D eigenvalue weighted by Crippen LogP contribution is -2.54. The molecule has 0 aliphatic carbocycles. The van der Waals surface area contributed by atoms with Crippen molar-refractivity contribution >= 4 is 16.0 Å². The fraction of sp³-hybridized carbons (Fsp3) is 0.400. The number of alkyl halides is 3. The number of rotatable bonds is 3. The molecule has 1 aliphatic heterocycles. The highest BCUT2D eigenvalue weighted by Gasteiger charge is 2.43. The molecule has 0 unspecified atom stereocenters. The van der Waals surface area contributed by atoms with Crippen molar-refractivity contribution in [2.24, 2.45) is 0 Å². The van der Waals surface area contributed by atoms with Crippen LogP contribution in [-0.2, 0) is 21.0 Å². The molecular formula is C10H9F3N2O4S. The number of aliphatic carboxylic acids is 1. The number of carbonyl (C=O) groups is 1. The average molecular weight is 310 g/mol. The van der Waals surface area contributed by atoms with Crippen molar-refractivity contribution in [1.29, 1.82) is 0 Å². The molecule has 0 spiro atoms. The van der Waals surface area contributed by atoms with Crippen LogP contribution in [0.2, 0.25) is 0 Å². The summed E-state index contributed by atoms with van der Waals surface area (Å²) in [7, 11) is -4.14. The van der Waals surface area contributed by atoms with Gasteiger partial charge in [0.1, 0.15) is 16.6 Å². The molecule has 0 saturated carbocycles. The zero-order valence-corrected chi connectivity index (χ0v) is 10.6. The van der Waals surface area contributed by atoms with Gasteiger partial charge >= 0.3 is 12.1 Å². The Morgan fingerprint density at radius 2 is 2.05 bits per heavy atom. The maximum Gasteiger partial charge on any atom is 0.433 e. The summed E-state index contributed by atoms with van der Waals surface area (Å²) in [5.74, 6) is -1.29. The quantitative estimate of drug-likeness (QED) is 0.898. The van der Waals surface area contributed by atoms with Gasteiger partial charge in [-0.15, -0.1) is 0 Å². The third kappa shape index (κ3) is 2.48. The molecule has 6 nitrogen and oxygen atoms in total. The van der Waals surface area contributed by atoms with E-state index in [-0.39, 0.29) is 13.0 Å². The summed E-state index contributed by atoms with van der Waals surface area (Å²) in [4.78, 5) is 13.4. The molecule has 0 bridgehead atoms. The topological polar surface area (TPSA) is 87.6 Å². The monoisotopic (exact) mass is 310 g/mol. The molecule has 110 valence electrons. The van der Waals surface area contributed by atoms with E-state index in [9.17, 15) is 26.4 Å². The predicted octanol–water partition coefficient (Wildman–Crippen LogP) is 0.948. The molecule has 1 fully saturated rings. The Labute approximate surface area is 111 Å². The van der Waals surface area contributed by atoms with Crippen LogP contribution in [0.25, 0.3) is 0 Å². The lowest BCUT2D eigenvalue weighted by atomic mass is 10.1. The van der Waals surface area contributed by atoms with Gasteiger partial charge < -0.3 is 5.11 Å². The molecule has 1 saturated heterocycles. The smallest absolute Gasteiger partial charge is 0.433 e. The zero-order chi connectivity index (χ0) is 15.1. The molecule has 10 heteroatoms. The van der Waals surface area contributed by atoms with Crippen LogP contribution in [0.3, 0.4) is 0 Å². The largest absolute Gasteiger partial charge is 0.480 e. The van der Waals surface area contributed by atoms with Crippen LogP contribution in [0.1, 0.15) is 12.1 Å². The summed E-state index contributed by atoms with van der Waals surface area (Å²) in [5.41, 5.74) is -1.21. The van der Waals surface area contributed by atoms with Gasteiger partial charge in [0.05, 0.1) is 0 Å². The van der Waals surface area contributed by atoms with Crippen LogP contribution in [0, 0.1) is 0 Å². The van der Waals surface area contributed by atoms with E-state index in [1.165, 1.54) is 0 Å². The molecule has 1 aliphatic rings. The molecule has 0 radical (unpaired) electrons. The standard InChI is InChI=1S/C10H9F3N2O4S/c11-10(12,13)8-2-1-6(5-14-8)20(18,19)15-4-3-7(15)9(16)17/h1-2,5,7H,3-4H2,(H,16,17)/t7-/m0/s1. The van der Waals surface area contributed by atoms with Gasteiger partial charge in [-0.2, -0.15) is 17.5 Å². The van der Waals surface area contributed by atoms with Gasteiger partial charge in [0.2, 0.25) is 10.0 Å². The first-order chi connectivity index (χ1) is 9.14. The van der Waals surface area contributed by atoms with Crippen molar-refractivity contribution < 1.29 is 31.5 Å². The molecular weight excluding hydrogens is 301 g/mol.